The first-order valence-electron chi connectivity index (χ1n) is 12.9. The molecule has 2 N–H and O–H groups in total. The van der Waals surface area contributed by atoms with Crippen LogP contribution in [0.15, 0.2) is 48.5 Å². The summed E-state index contributed by atoms with van der Waals surface area (Å²) >= 11 is 0. The second-order valence-electron chi connectivity index (χ2n) is 10.4. The van der Waals surface area contributed by atoms with E-state index in [0.29, 0.717) is 25.9 Å². The summed E-state index contributed by atoms with van der Waals surface area (Å²) < 4.78 is 15.9. The van der Waals surface area contributed by atoms with Gasteiger partial charge in [-0.3, -0.25) is 9.59 Å². The van der Waals surface area contributed by atoms with Crippen molar-refractivity contribution in [2.75, 3.05) is 40.4 Å². The molecule has 0 aromatic heterocycles. The second kappa shape index (κ2) is 13.2. The Balaban J connectivity index is 1.60. The van der Waals surface area contributed by atoms with Gasteiger partial charge in [0.05, 0.1) is 26.1 Å². The molecule has 3 rings (SSSR count). The molecular weight excluding hydrogens is 486 g/mol. The van der Waals surface area contributed by atoms with Crippen molar-refractivity contribution in [3.8, 4) is 11.5 Å². The van der Waals surface area contributed by atoms with Crippen molar-refractivity contribution in [3.05, 3.63) is 59.7 Å². The van der Waals surface area contributed by atoms with E-state index >= 15 is 0 Å². The van der Waals surface area contributed by atoms with E-state index in [0.717, 1.165) is 22.6 Å². The molecule has 1 aliphatic rings. The Hall–Kier alpha value is -3.75. The summed E-state index contributed by atoms with van der Waals surface area (Å²) in [7, 11) is 3.23. The number of nitrogens with one attached hydrogen (secondary N) is 2. The van der Waals surface area contributed by atoms with E-state index in [1.54, 1.807) is 35.0 Å². The molecule has 0 saturated carbocycles. The minimum absolute atomic E-state index is 0.125. The van der Waals surface area contributed by atoms with E-state index in [2.05, 4.69) is 10.6 Å². The van der Waals surface area contributed by atoms with Crippen LogP contribution in [-0.4, -0.2) is 68.8 Å². The third kappa shape index (κ3) is 8.39. The number of carbonyl (C=O) groups excluding carboxylic acids is 3. The van der Waals surface area contributed by atoms with Crippen LogP contribution in [0.25, 0.3) is 0 Å². The number of rotatable bonds is 10. The Labute approximate surface area is 224 Å². The third-order valence-corrected chi connectivity index (χ3v) is 6.39. The Morgan fingerprint density at radius 3 is 1.50 bits per heavy atom. The Kier molecular flexibility index (Phi) is 9.98. The molecule has 3 amide bonds. The maximum atomic E-state index is 13.2. The van der Waals surface area contributed by atoms with Crippen molar-refractivity contribution in [1.82, 2.24) is 15.5 Å². The molecule has 9 nitrogen and oxygen atoms in total. The third-order valence-electron chi connectivity index (χ3n) is 6.39. The summed E-state index contributed by atoms with van der Waals surface area (Å²) in [6, 6.07) is 15.3. The molecule has 206 valence electrons. The van der Waals surface area contributed by atoms with Crippen LogP contribution in [0.3, 0.4) is 0 Å². The van der Waals surface area contributed by atoms with Gasteiger partial charge < -0.3 is 29.7 Å². The van der Waals surface area contributed by atoms with E-state index in [-0.39, 0.29) is 24.9 Å². The molecule has 1 heterocycles. The predicted molar refractivity (Wildman–Crippen MR) is 144 cm³/mol. The SMILES string of the molecule is COc1ccc(CCNC(=O)[C@H]2CN(C(=O)OC(C)(C)C)C[C@@H]2C(=O)NCCc2ccc(OC)cc2)cc1. The van der Waals surface area contributed by atoms with Gasteiger partial charge in [0.1, 0.15) is 17.1 Å². The molecule has 38 heavy (non-hydrogen) atoms. The van der Waals surface area contributed by atoms with Crippen LogP contribution in [-0.2, 0) is 27.2 Å². The van der Waals surface area contributed by atoms with E-state index < -0.39 is 23.5 Å². The summed E-state index contributed by atoms with van der Waals surface area (Å²) in [6.45, 7) is 6.44. The number of hydrogen-bond donors (Lipinski definition) is 2. The van der Waals surface area contributed by atoms with Gasteiger partial charge in [0, 0.05) is 26.2 Å². The average Bonchev–Trinajstić information content (AvgIpc) is 3.35. The Bertz CT molecular complexity index is 1010. The predicted octanol–water partition coefficient (Wildman–Crippen LogP) is 3.20. The normalized spacial score (nSPS) is 17.0. The van der Waals surface area contributed by atoms with Gasteiger partial charge in [0.2, 0.25) is 11.8 Å². The zero-order valence-electron chi connectivity index (χ0n) is 22.9. The highest BCUT2D eigenvalue weighted by molar-refractivity contribution is 5.89. The summed E-state index contributed by atoms with van der Waals surface area (Å²) in [6.07, 6.45) is 0.746. The van der Waals surface area contributed by atoms with Crippen LogP contribution < -0.4 is 20.1 Å². The van der Waals surface area contributed by atoms with E-state index in [9.17, 15) is 14.4 Å². The first kappa shape index (κ1) is 28.8. The van der Waals surface area contributed by atoms with Gasteiger partial charge in [-0.15, -0.1) is 0 Å². The number of hydrogen-bond acceptors (Lipinski definition) is 6. The highest BCUT2D eigenvalue weighted by Crippen LogP contribution is 2.26. The van der Waals surface area contributed by atoms with E-state index in [4.69, 9.17) is 14.2 Å². The molecule has 2 atom stereocenters. The first-order chi connectivity index (χ1) is 18.1. The molecular formula is C29H39N3O6. The number of likely N-dealkylation sites (tertiary alicyclic amines) is 1. The van der Waals surface area contributed by atoms with Crippen LogP contribution >= 0.6 is 0 Å². The Morgan fingerprint density at radius 1 is 0.763 bits per heavy atom. The highest BCUT2D eigenvalue weighted by atomic mass is 16.6. The van der Waals surface area contributed by atoms with Crippen molar-refractivity contribution in [3.63, 3.8) is 0 Å². The monoisotopic (exact) mass is 525 g/mol. The quantitative estimate of drug-likeness (QED) is 0.494. The Morgan fingerprint density at radius 2 is 1.16 bits per heavy atom. The molecule has 0 bridgehead atoms. The van der Waals surface area contributed by atoms with Gasteiger partial charge in [0.15, 0.2) is 0 Å². The fourth-order valence-electron chi connectivity index (χ4n) is 4.32. The van der Waals surface area contributed by atoms with Crippen molar-refractivity contribution in [2.24, 2.45) is 11.8 Å². The van der Waals surface area contributed by atoms with Gasteiger partial charge >= 0.3 is 6.09 Å². The first-order valence-corrected chi connectivity index (χ1v) is 12.9. The van der Waals surface area contributed by atoms with E-state index in [1.807, 2.05) is 48.5 Å². The number of ether oxygens (including phenoxy) is 3. The van der Waals surface area contributed by atoms with Gasteiger partial charge in [0.25, 0.3) is 0 Å². The lowest BCUT2D eigenvalue weighted by Gasteiger charge is -2.24. The summed E-state index contributed by atoms with van der Waals surface area (Å²) in [5.74, 6) is -0.294. The molecule has 0 unspecified atom stereocenters. The zero-order chi connectivity index (χ0) is 27.7. The van der Waals surface area contributed by atoms with Gasteiger partial charge in [-0.1, -0.05) is 24.3 Å². The van der Waals surface area contributed by atoms with Crippen LogP contribution in [0, 0.1) is 11.8 Å². The largest absolute Gasteiger partial charge is 0.497 e. The lowest BCUT2D eigenvalue weighted by Crippen LogP contribution is -2.42. The minimum Gasteiger partial charge on any atom is -0.497 e. The van der Waals surface area contributed by atoms with E-state index in [1.165, 1.54) is 4.90 Å². The number of nitrogens with zero attached hydrogens (tertiary/aromatic N) is 1. The zero-order valence-corrected chi connectivity index (χ0v) is 22.9. The summed E-state index contributed by atoms with van der Waals surface area (Å²) in [4.78, 5) is 40.5. The summed E-state index contributed by atoms with van der Waals surface area (Å²) in [5, 5.41) is 5.89. The molecule has 0 radical (unpaired) electrons. The van der Waals surface area contributed by atoms with Crippen molar-refractivity contribution in [2.45, 2.75) is 39.2 Å². The molecule has 1 fully saturated rings. The minimum atomic E-state index is -0.675. The molecule has 1 saturated heterocycles. The molecule has 2 aromatic rings. The maximum absolute atomic E-state index is 13.2. The van der Waals surface area contributed by atoms with Crippen molar-refractivity contribution in [1.29, 1.82) is 0 Å². The molecule has 2 aromatic carbocycles. The fraction of sp³-hybridized carbons (Fsp3) is 0.483. The number of benzene rings is 2. The molecule has 9 heteroatoms. The van der Waals surface area contributed by atoms with Crippen LogP contribution in [0.1, 0.15) is 31.9 Å². The average molecular weight is 526 g/mol. The van der Waals surface area contributed by atoms with Gasteiger partial charge in [-0.2, -0.15) is 0 Å². The lowest BCUT2D eigenvalue weighted by atomic mass is 9.94. The second-order valence-corrected chi connectivity index (χ2v) is 10.4. The maximum Gasteiger partial charge on any atom is 0.410 e. The number of carbonyl (C=O) groups is 3. The topological polar surface area (TPSA) is 106 Å². The van der Waals surface area contributed by atoms with Gasteiger partial charge in [-0.05, 0) is 69.0 Å². The molecule has 1 aliphatic heterocycles. The molecule has 0 aliphatic carbocycles. The standard InChI is InChI=1S/C29H39N3O6/c1-29(2,3)38-28(35)32-18-24(26(33)30-16-14-20-6-10-22(36-4)11-7-20)25(19-32)27(34)31-17-15-21-8-12-23(37-5)13-9-21/h6-13,24-25H,14-19H2,1-5H3,(H,30,33)(H,31,34)/t24-,25-/m0/s1. The number of methoxy groups -OCH3 is 2. The summed E-state index contributed by atoms with van der Waals surface area (Å²) in [5.41, 5.74) is 1.44. The van der Waals surface area contributed by atoms with Crippen molar-refractivity contribution < 1.29 is 28.6 Å². The smallest absolute Gasteiger partial charge is 0.410 e. The van der Waals surface area contributed by atoms with Crippen LogP contribution in [0.2, 0.25) is 0 Å². The van der Waals surface area contributed by atoms with Crippen molar-refractivity contribution >= 4 is 17.9 Å². The number of amides is 3. The fourth-order valence-corrected chi connectivity index (χ4v) is 4.32. The van der Waals surface area contributed by atoms with Gasteiger partial charge in [-0.25, -0.2) is 4.79 Å². The molecule has 0 spiro atoms. The van der Waals surface area contributed by atoms with Crippen LogP contribution in [0.5, 0.6) is 11.5 Å². The lowest BCUT2D eigenvalue weighted by molar-refractivity contribution is -0.132. The van der Waals surface area contributed by atoms with Crippen LogP contribution in [0.4, 0.5) is 4.79 Å². The highest BCUT2D eigenvalue weighted by Gasteiger charge is 2.44.